The number of aromatic carboxylic acids is 1. The van der Waals surface area contributed by atoms with Crippen LogP contribution in [0.2, 0.25) is 0 Å². The van der Waals surface area contributed by atoms with Crippen LogP contribution in [0.15, 0.2) is 12.1 Å². The Morgan fingerprint density at radius 2 is 1.89 bits per heavy atom. The van der Waals surface area contributed by atoms with Gasteiger partial charge in [0.25, 0.3) is 0 Å². The Balaban J connectivity index is 3.39. The third-order valence-corrected chi connectivity index (χ3v) is 2.46. The van der Waals surface area contributed by atoms with Gasteiger partial charge in [0.15, 0.2) is 5.69 Å². The molecule has 0 fully saturated rings. The summed E-state index contributed by atoms with van der Waals surface area (Å²) in [6, 6.07) is 1.61. The molecule has 0 unspecified atom stereocenters. The Labute approximate surface area is 102 Å². The third-order valence-electron chi connectivity index (χ3n) is 2.46. The second-order valence-electron chi connectivity index (χ2n) is 3.54. The van der Waals surface area contributed by atoms with E-state index in [1.165, 1.54) is 4.90 Å². The second kappa shape index (κ2) is 5.24. The zero-order chi connectivity index (χ0) is 13.9. The lowest BCUT2D eigenvalue weighted by molar-refractivity contribution is -0.137. The van der Waals surface area contributed by atoms with Gasteiger partial charge in [0.2, 0.25) is 0 Å². The lowest BCUT2D eigenvalue weighted by Gasteiger charge is -2.23. The highest BCUT2D eigenvalue weighted by Crippen LogP contribution is 2.35. The summed E-state index contributed by atoms with van der Waals surface area (Å²) in [6.45, 7) is 3.99. The van der Waals surface area contributed by atoms with Gasteiger partial charge in [0.1, 0.15) is 5.82 Å². The molecule has 0 saturated heterocycles. The van der Waals surface area contributed by atoms with Crippen molar-refractivity contribution in [2.45, 2.75) is 20.0 Å². The zero-order valence-electron chi connectivity index (χ0n) is 9.95. The predicted molar refractivity (Wildman–Crippen MR) is 59.8 cm³/mol. The summed E-state index contributed by atoms with van der Waals surface area (Å²) in [5.41, 5.74) is -1.32. The molecule has 0 aliphatic carbocycles. The Kier molecular flexibility index (Phi) is 4.15. The molecule has 1 rings (SSSR count). The molecule has 0 aromatic carbocycles. The van der Waals surface area contributed by atoms with Crippen LogP contribution in [0.5, 0.6) is 0 Å². The molecule has 0 aliphatic heterocycles. The van der Waals surface area contributed by atoms with Crippen LogP contribution in [0.1, 0.15) is 29.9 Å². The van der Waals surface area contributed by atoms with E-state index in [9.17, 15) is 18.0 Å². The van der Waals surface area contributed by atoms with Crippen molar-refractivity contribution in [3.63, 3.8) is 0 Å². The van der Waals surface area contributed by atoms with E-state index in [-0.39, 0.29) is 5.82 Å². The Bertz CT molecular complexity index is 442. The lowest BCUT2D eigenvalue weighted by atomic mass is 10.2. The molecule has 1 heterocycles. The van der Waals surface area contributed by atoms with Crippen molar-refractivity contribution in [3.05, 3.63) is 23.4 Å². The van der Waals surface area contributed by atoms with Gasteiger partial charge in [-0.2, -0.15) is 13.2 Å². The van der Waals surface area contributed by atoms with E-state index < -0.39 is 23.4 Å². The van der Waals surface area contributed by atoms with Crippen molar-refractivity contribution in [1.82, 2.24) is 4.98 Å². The number of rotatable bonds is 4. The number of alkyl halides is 3. The molecule has 0 radical (unpaired) electrons. The highest BCUT2D eigenvalue weighted by molar-refractivity contribution is 5.86. The average Bonchev–Trinajstić information content (AvgIpc) is 2.29. The number of pyridine rings is 1. The predicted octanol–water partition coefficient (Wildman–Crippen LogP) is 2.64. The molecule has 0 saturated carbocycles. The first-order chi connectivity index (χ1) is 8.31. The van der Waals surface area contributed by atoms with Crippen molar-refractivity contribution >= 4 is 11.8 Å². The minimum Gasteiger partial charge on any atom is -0.477 e. The molecule has 1 N–H and O–H groups in total. The summed E-state index contributed by atoms with van der Waals surface area (Å²) >= 11 is 0. The fourth-order valence-electron chi connectivity index (χ4n) is 1.55. The minimum atomic E-state index is -4.55. The van der Waals surface area contributed by atoms with Gasteiger partial charge in [-0.3, -0.25) is 0 Å². The molecular weight excluding hydrogens is 249 g/mol. The number of carbonyl (C=O) groups is 1. The summed E-state index contributed by atoms with van der Waals surface area (Å²) in [7, 11) is 0. The standard InChI is InChI=1S/C11H13F3N2O2/c1-3-16(4-2)9-7(11(12,13)14)5-6-8(15-9)10(17)18/h5-6H,3-4H2,1-2H3,(H,17,18). The highest BCUT2D eigenvalue weighted by atomic mass is 19.4. The largest absolute Gasteiger partial charge is 0.477 e. The molecule has 7 heteroatoms. The van der Waals surface area contributed by atoms with Crippen LogP contribution in [0.25, 0.3) is 0 Å². The summed E-state index contributed by atoms with van der Waals surface area (Å²) < 4.78 is 38.4. The molecule has 0 spiro atoms. The summed E-state index contributed by atoms with van der Waals surface area (Å²) in [5.74, 6) is -1.69. The molecule has 4 nitrogen and oxygen atoms in total. The van der Waals surface area contributed by atoms with Gasteiger partial charge in [-0.15, -0.1) is 0 Å². The van der Waals surface area contributed by atoms with Gasteiger partial charge in [0.05, 0.1) is 5.56 Å². The van der Waals surface area contributed by atoms with E-state index in [1.54, 1.807) is 13.8 Å². The topological polar surface area (TPSA) is 53.4 Å². The van der Waals surface area contributed by atoms with Gasteiger partial charge in [-0.1, -0.05) is 0 Å². The number of anilines is 1. The van der Waals surface area contributed by atoms with Crippen molar-refractivity contribution < 1.29 is 23.1 Å². The number of carboxylic acids is 1. The first kappa shape index (κ1) is 14.3. The number of nitrogens with zero attached hydrogens (tertiary/aromatic N) is 2. The van der Waals surface area contributed by atoms with Crippen molar-refractivity contribution in [2.75, 3.05) is 18.0 Å². The maximum Gasteiger partial charge on any atom is 0.419 e. The monoisotopic (exact) mass is 262 g/mol. The first-order valence-electron chi connectivity index (χ1n) is 5.37. The quantitative estimate of drug-likeness (QED) is 0.906. The van der Waals surface area contributed by atoms with Crippen LogP contribution < -0.4 is 4.90 Å². The number of hydrogen-bond donors (Lipinski definition) is 1. The average molecular weight is 262 g/mol. The van der Waals surface area contributed by atoms with Crippen molar-refractivity contribution in [3.8, 4) is 0 Å². The maximum absolute atomic E-state index is 12.8. The summed E-state index contributed by atoms with van der Waals surface area (Å²) in [5, 5.41) is 8.77. The van der Waals surface area contributed by atoms with E-state index in [2.05, 4.69) is 4.98 Å². The summed E-state index contributed by atoms with van der Waals surface area (Å²) in [6.07, 6.45) is -4.55. The highest BCUT2D eigenvalue weighted by Gasteiger charge is 2.36. The van der Waals surface area contributed by atoms with Crippen LogP contribution in [0.4, 0.5) is 19.0 Å². The summed E-state index contributed by atoms with van der Waals surface area (Å²) in [4.78, 5) is 15.7. The molecule has 1 aromatic heterocycles. The lowest BCUT2D eigenvalue weighted by Crippen LogP contribution is -2.27. The van der Waals surface area contributed by atoms with Crippen LogP contribution >= 0.6 is 0 Å². The zero-order valence-corrected chi connectivity index (χ0v) is 9.95. The van der Waals surface area contributed by atoms with Crippen LogP contribution in [0.3, 0.4) is 0 Å². The van der Waals surface area contributed by atoms with Crippen molar-refractivity contribution in [1.29, 1.82) is 0 Å². The van der Waals surface area contributed by atoms with Crippen LogP contribution in [-0.4, -0.2) is 29.1 Å². The number of carboxylic acid groups (broad SMARTS) is 1. The molecule has 18 heavy (non-hydrogen) atoms. The molecule has 0 aliphatic rings. The minimum absolute atomic E-state index is 0.315. The number of halogens is 3. The number of aromatic nitrogens is 1. The van der Waals surface area contributed by atoms with Crippen LogP contribution in [0, 0.1) is 0 Å². The molecule has 100 valence electrons. The molecule has 1 aromatic rings. The second-order valence-corrected chi connectivity index (χ2v) is 3.54. The third kappa shape index (κ3) is 2.91. The van der Waals surface area contributed by atoms with E-state index in [1.807, 2.05) is 0 Å². The molecule has 0 amide bonds. The normalized spacial score (nSPS) is 11.4. The fraction of sp³-hybridized carbons (Fsp3) is 0.455. The molecule has 0 atom stereocenters. The van der Waals surface area contributed by atoms with Gasteiger partial charge in [0, 0.05) is 13.1 Å². The van der Waals surface area contributed by atoms with Gasteiger partial charge in [-0.05, 0) is 26.0 Å². The van der Waals surface area contributed by atoms with E-state index in [0.717, 1.165) is 12.1 Å². The Morgan fingerprint density at radius 1 is 1.33 bits per heavy atom. The Hall–Kier alpha value is -1.79. The van der Waals surface area contributed by atoms with E-state index >= 15 is 0 Å². The first-order valence-corrected chi connectivity index (χ1v) is 5.37. The SMILES string of the molecule is CCN(CC)c1nc(C(=O)O)ccc1C(F)(F)F. The smallest absolute Gasteiger partial charge is 0.419 e. The van der Waals surface area contributed by atoms with Crippen molar-refractivity contribution in [2.24, 2.45) is 0 Å². The molecule has 0 bridgehead atoms. The van der Waals surface area contributed by atoms with E-state index in [0.29, 0.717) is 13.1 Å². The molecular formula is C11H13F3N2O2. The van der Waals surface area contributed by atoms with Gasteiger partial charge < -0.3 is 10.0 Å². The number of hydrogen-bond acceptors (Lipinski definition) is 3. The van der Waals surface area contributed by atoms with Gasteiger partial charge >= 0.3 is 12.1 Å². The van der Waals surface area contributed by atoms with Gasteiger partial charge in [-0.25, -0.2) is 9.78 Å². The fourth-order valence-corrected chi connectivity index (χ4v) is 1.55. The Morgan fingerprint density at radius 3 is 2.28 bits per heavy atom. The maximum atomic E-state index is 12.8. The van der Waals surface area contributed by atoms with Crippen LogP contribution in [-0.2, 0) is 6.18 Å². The van der Waals surface area contributed by atoms with E-state index in [4.69, 9.17) is 5.11 Å².